The van der Waals surface area contributed by atoms with Gasteiger partial charge in [0, 0.05) is 42.5 Å². The summed E-state index contributed by atoms with van der Waals surface area (Å²) in [5, 5.41) is 4.16. The van der Waals surface area contributed by atoms with Gasteiger partial charge in [-0.15, -0.1) is 0 Å². The van der Waals surface area contributed by atoms with Crippen molar-refractivity contribution < 1.29 is 4.79 Å². The molecular formula is C19H20N6O2. The van der Waals surface area contributed by atoms with Crippen LogP contribution in [-0.4, -0.2) is 42.1 Å². The Balaban J connectivity index is 1.56. The molecule has 8 nitrogen and oxygen atoms in total. The number of nitrogens with one attached hydrogen (secondary N) is 1. The number of fused-ring (bicyclic) bond motifs is 1. The normalized spacial score (nSPS) is 14.6. The molecule has 0 fully saturated rings. The number of carbonyl (C=O) groups excluding carboxylic acids is 1. The van der Waals surface area contributed by atoms with Gasteiger partial charge in [-0.25, -0.2) is 4.98 Å². The van der Waals surface area contributed by atoms with Gasteiger partial charge in [0.05, 0.1) is 24.7 Å². The summed E-state index contributed by atoms with van der Waals surface area (Å²) in [7, 11) is 0. The number of aromatic nitrogens is 5. The van der Waals surface area contributed by atoms with Gasteiger partial charge in [0.15, 0.2) is 0 Å². The van der Waals surface area contributed by atoms with Crippen LogP contribution in [0.4, 0.5) is 0 Å². The highest BCUT2D eigenvalue weighted by Gasteiger charge is 2.27. The number of carbonyl (C=O) groups is 1. The second-order valence-electron chi connectivity index (χ2n) is 6.72. The third-order valence-corrected chi connectivity index (χ3v) is 4.76. The molecule has 3 aromatic heterocycles. The number of pyridine rings is 1. The number of H-pyrrole nitrogens is 1. The molecule has 0 aliphatic carbocycles. The SMILES string of the molecule is C[C@H](Cn1cccn1)C(=O)N1CCc2c(nc(-c3cccnc3)[nH]c2=O)C1. The van der Waals surface area contributed by atoms with Gasteiger partial charge in [0.25, 0.3) is 5.56 Å². The second kappa shape index (κ2) is 7.14. The molecule has 138 valence electrons. The fourth-order valence-electron chi connectivity index (χ4n) is 3.35. The highest BCUT2D eigenvalue weighted by atomic mass is 16.2. The van der Waals surface area contributed by atoms with Crippen molar-refractivity contribution in [1.29, 1.82) is 0 Å². The van der Waals surface area contributed by atoms with E-state index in [1.54, 1.807) is 34.2 Å². The lowest BCUT2D eigenvalue weighted by Crippen LogP contribution is -2.42. The fourth-order valence-corrected chi connectivity index (χ4v) is 3.35. The average Bonchev–Trinajstić information content (AvgIpc) is 3.20. The highest BCUT2D eigenvalue weighted by molar-refractivity contribution is 5.78. The quantitative estimate of drug-likeness (QED) is 0.751. The minimum Gasteiger partial charge on any atom is -0.336 e. The molecular weight excluding hydrogens is 344 g/mol. The van der Waals surface area contributed by atoms with E-state index in [0.29, 0.717) is 43.1 Å². The Labute approximate surface area is 155 Å². The van der Waals surface area contributed by atoms with Gasteiger partial charge in [0.2, 0.25) is 5.91 Å². The molecule has 1 atom stereocenters. The summed E-state index contributed by atoms with van der Waals surface area (Å²) >= 11 is 0. The highest BCUT2D eigenvalue weighted by Crippen LogP contribution is 2.19. The zero-order valence-electron chi connectivity index (χ0n) is 15.0. The molecule has 0 saturated carbocycles. The fraction of sp³-hybridized carbons (Fsp3) is 0.316. The summed E-state index contributed by atoms with van der Waals surface area (Å²) in [6, 6.07) is 5.47. The minimum atomic E-state index is -0.203. The summed E-state index contributed by atoms with van der Waals surface area (Å²) in [4.78, 5) is 38.6. The molecule has 1 amide bonds. The number of nitrogens with zero attached hydrogens (tertiary/aromatic N) is 5. The zero-order valence-corrected chi connectivity index (χ0v) is 15.0. The van der Waals surface area contributed by atoms with E-state index in [4.69, 9.17) is 0 Å². The van der Waals surface area contributed by atoms with Crippen molar-refractivity contribution in [2.75, 3.05) is 6.54 Å². The third-order valence-electron chi connectivity index (χ3n) is 4.76. The van der Waals surface area contributed by atoms with Gasteiger partial charge >= 0.3 is 0 Å². The van der Waals surface area contributed by atoms with Crippen LogP contribution in [0, 0.1) is 5.92 Å². The topological polar surface area (TPSA) is 96.8 Å². The molecule has 27 heavy (non-hydrogen) atoms. The predicted molar refractivity (Wildman–Crippen MR) is 98.6 cm³/mol. The van der Waals surface area contributed by atoms with Crippen molar-refractivity contribution in [1.82, 2.24) is 29.6 Å². The van der Waals surface area contributed by atoms with Crippen LogP contribution in [0.1, 0.15) is 18.2 Å². The number of aromatic amines is 1. The van der Waals surface area contributed by atoms with Crippen molar-refractivity contribution in [2.24, 2.45) is 5.92 Å². The maximum Gasteiger partial charge on any atom is 0.254 e. The van der Waals surface area contributed by atoms with Crippen LogP contribution >= 0.6 is 0 Å². The smallest absolute Gasteiger partial charge is 0.254 e. The Hall–Kier alpha value is -3.29. The van der Waals surface area contributed by atoms with Crippen molar-refractivity contribution in [3.63, 3.8) is 0 Å². The zero-order chi connectivity index (χ0) is 18.8. The van der Waals surface area contributed by atoms with Gasteiger partial charge < -0.3 is 9.88 Å². The number of rotatable bonds is 4. The van der Waals surface area contributed by atoms with E-state index in [1.165, 1.54) is 0 Å². The predicted octanol–water partition coefficient (Wildman–Crippen LogP) is 1.25. The van der Waals surface area contributed by atoms with Crippen LogP contribution in [0.3, 0.4) is 0 Å². The molecule has 1 N–H and O–H groups in total. The van der Waals surface area contributed by atoms with E-state index in [0.717, 1.165) is 5.56 Å². The lowest BCUT2D eigenvalue weighted by atomic mass is 10.0. The van der Waals surface area contributed by atoms with Crippen molar-refractivity contribution in [2.45, 2.75) is 26.4 Å². The first-order chi connectivity index (χ1) is 13.1. The van der Waals surface area contributed by atoms with E-state index in [9.17, 15) is 9.59 Å². The maximum absolute atomic E-state index is 12.8. The van der Waals surface area contributed by atoms with E-state index < -0.39 is 0 Å². The first-order valence-electron chi connectivity index (χ1n) is 8.90. The Kier molecular flexibility index (Phi) is 4.53. The van der Waals surface area contributed by atoms with Crippen LogP contribution in [0.25, 0.3) is 11.4 Å². The van der Waals surface area contributed by atoms with Crippen molar-refractivity contribution in [3.05, 3.63) is 64.6 Å². The lowest BCUT2D eigenvalue weighted by molar-refractivity contribution is -0.136. The van der Waals surface area contributed by atoms with Crippen LogP contribution in [-0.2, 0) is 24.3 Å². The van der Waals surface area contributed by atoms with Crippen LogP contribution in [0.5, 0.6) is 0 Å². The molecule has 1 aliphatic heterocycles. The van der Waals surface area contributed by atoms with Crippen LogP contribution in [0.2, 0.25) is 0 Å². The van der Waals surface area contributed by atoms with E-state index in [-0.39, 0.29) is 17.4 Å². The first kappa shape index (κ1) is 17.1. The summed E-state index contributed by atoms with van der Waals surface area (Å²) in [5.74, 6) is 0.318. The average molecular weight is 364 g/mol. The number of hydrogen-bond donors (Lipinski definition) is 1. The number of hydrogen-bond acceptors (Lipinski definition) is 5. The Morgan fingerprint density at radius 1 is 1.33 bits per heavy atom. The van der Waals surface area contributed by atoms with Gasteiger partial charge in [0.1, 0.15) is 5.82 Å². The molecule has 3 aromatic rings. The molecule has 4 rings (SSSR count). The largest absolute Gasteiger partial charge is 0.336 e. The van der Waals surface area contributed by atoms with Crippen molar-refractivity contribution >= 4 is 5.91 Å². The van der Waals surface area contributed by atoms with E-state index >= 15 is 0 Å². The number of amides is 1. The minimum absolute atomic E-state index is 0.0427. The molecule has 0 radical (unpaired) electrons. The van der Waals surface area contributed by atoms with Crippen LogP contribution < -0.4 is 5.56 Å². The molecule has 4 heterocycles. The molecule has 8 heteroatoms. The summed E-state index contributed by atoms with van der Waals surface area (Å²) in [6.45, 7) is 3.28. The summed E-state index contributed by atoms with van der Waals surface area (Å²) in [6.07, 6.45) is 7.37. The molecule has 0 saturated heterocycles. The molecule has 0 unspecified atom stereocenters. The first-order valence-corrected chi connectivity index (χ1v) is 8.90. The molecule has 0 bridgehead atoms. The Morgan fingerprint density at radius 2 is 2.22 bits per heavy atom. The Bertz CT molecular complexity index is 997. The van der Waals surface area contributed by atoms with Gasteiger partial charge in [-0.2, -0.15) is 5.10 Å². The van der Waals surface area contributed by atoms with Gasteiger partial charge in [-0.05, 0) is 24.6 Å². The van der Waals surface area contributed by atoms with Crippen LogP contribution in [0.15, 0.2) is 47.8 Å². The molecule has 0 spiro atoms. The molecule has 1 aliphatic rings. The van der Waals surface area contributed by atoms with E-state index in [1.807, 2.05) is 25.3 Å². The lowest BCUT2D eigenvalue weighted by Gasteiger charge is -2.30. The van der Waals surface area contributed by atoms with E-state index in [2.05, 4.69) is 20.1 Å². The van der Waals surface area contributed by atoms with Crippen molar-refractivity contribution in [3.8, 4) is 11.4 Å². The Morgan fingerprint density at radius 3 is 2.96 bits per heavy atom. The maximum atomic E-state index is 12.8. The summed E-state index contributed by atoms with van der Waals surface area (Å²) in [5.41, 5.74) is 1.92. The molecule has 0 aromatic carbocycles. The second-order valence-corrected chi connectivity index (χ2v) is 6.72. The van der Waals surface area contributed by atoms with Gasteiger partial charge in [-0.3, -0.25) is 19.3 Å². The summed E-state index contributed by atoms with van der Waals surface area (Å²) < 4.78 is 1.75. The third kappa shape index (κ3) is 3.51. The van der Waals surface area contributed by atoms with Gasteiger partial charge in [-0.1, -0.05) is 6.92 Å². The monoisotopic (exact) mass is 364 g/mol. The standard InChI is InChI=1S/C19H20N6O2/c1-13(11-25-8-3-7-21-25)19(27)24-9-5-15-16(12-24)22-17(23-18(15)26)14-4-2-6-20-10-14/h2-4,6-8,10,13H,5,9,11-12H2,1H3,(H,22,23,26)/t13-/m1/s1.